The fourth-order valence-corrected chi connectivity index (χ4v) is 2.50. The van der Waals surface area contributed by atoms with Crippen LogP contribution in [0.25, 0.3) is 0 Å². The number of nitrogens with zero attached hydrogens (tertiary/aromatic N) is 3. The molecule has 2 aromatic rings. The van der Waals surface area contributed by atoms with Crippen LogP contribution in [0.15, 0.2) is 29.4 Å². The van der Waals surface area contributed by atoms with Gasteiger partial charge in [0.2, 0.25) is 10.0 Å². The monoisotopic (exact) mass is 296 g/mol. The Morgan fingerprint density at radius 1 is 1.40 bits per heavy atom. The van der Waals surface area contributed by atoms with Gasteiger partial charge in [0, 0.05) is 12.7 Å². The van der Waals surface area contributed by atoms with Crippen LogP contribution in [0.5, 0.6) is 0 Å². The van der Waals surface area contributed by atoms with Crippen molar-refractivity contribution in [2.24, 2.45) is 7.05 Å². The number of nitrogen functional groups attached to an aromatic ring is 1. The smallest absolute Gasteiger partial charge is 0.242 e. The van der Waals surface area contributed by atoms with E-state index in [1.807, 2.05) is 7.05 Å². The molecule has 9 heteroatoms. The van der Waals surface area contributed by atoms with Crippen LogP contribution in [0.2, 0.25) is 0 Å². The molecule has 0 amide bonds. The van der Waals surface area contributed by atoms with Crippen LogP contribution in [0.3, 0.4) is 0 Å². The lowest BCUT2D eigenvalue weighted by Crippen LogP contribution is -2.20. The molecule has 0 spiro atoms. The van der Waals surface area contributed by atoms with E-state index in [-0.39, 0.29) is 10.6 Å². The van der Waals surface area contributed by atoms with Gasteiger partial charge in [0.05, 0.1) is 12.2 Å². The van der Waals surface area contributed by atoms with E-state index in [1.54, 1.807) is 23.0 Å². The average molecular weight is 296 g/mol. The Morgan fingerprint density at radius 2 is 2.15 bits per heavy atom. The molecular weight excluding hydrogens is 280 g/mol. The highest BCUT2D eigenvalue weighted by molar-refractivity contribution is 7.89. The predicted octanol–water partition coefficient (Wildman–Crippen LogP) is -0.0825. The standard InChI is InChI=1S/C11H16N6O2S/c1-13-20(18,19)10-4-3-8(5-9(10)12)14-6-11-16-15-7-17(11)2/h3-5,7,13-14H,6,12H2,1-2H3. The van der Waals surface area contributed by atoms with Crippen molar-refractivity contribution in [3.8, 4) is 0 Å². The normalized spacial score (nSPS) is 11.5. The van der Waals surface area contributed by atoms with Crippen LogP contribution in [-0.4, -0.2) is 30.2 Å². The molecular formula is C11H16N6O2S. The Kier molecular flexibility index (Phi) is 3.91. The molecule has 108 valence electrons. The lowest BCUT2D eigenvalue weighted by atomic mass is 10.3. The summed E-state index contributed by atoms with van der Waals surface area (Å²) in [7, 11) is -0.356. The second-order valence-corrected chi connectivity index (χ2v) is 6.03. The first-order valence-electron chi connectivity index (χ1n) is 5.84. The van der Waals surface area contributed by atoms with Gasteiger partial charge in [-0.2, -0.15) is 0 Å². The van der Waals surface area contributed by atoms with Crippen molar-refractivity contribution < 1.29 is 8.42 Å². The molecule has 0 aliphatic rings. The van der Waals surface area contributed by atoms with Crippen LogP contribution in [0, 0.1) is 0 Å². The van der Waals surface area contributed by atoms with Crippen molar-refractivity contribution in [3.63, 3.8) is 0 Å². The Morgan fingerprint density at radius 3 is 2.70 bits per heavy atom. The van der Waals surface area contributed by atoms with Crippen molar-refractivity contribution >= 4 is 21.4 Å². The molecule has 0 fully saturated rings. The first-order chi connectivity index (χ1) is 9.44. The van der Waals surface area contributed by atoms with Gasteiger partial charge in [0.25, 0.3) is 0 Å². The van der Waals surface area contributed by atoms with Crippen LogP contribution < -0.4 is 15.8 Å². The maximum Gasteiger partial charge on any atom is 0.242 e. The largest absolute Gasteiger partial charge is 0.398 e. The minimum atomic E-state index is -3.54. The number of sulfonamides is 1. The third-order valence-electron chi connectivity index (χ3n) is 2.82. The van der Waals surface area contributed by atoms with Gasteiger partial charge in [0.1, 0.15) is 11.2 Å². The van der Waals surface area contributed by atoms with Crippen molar-refractivity contribution in [2.45, 2.75) is 11.4 Å². The van der Waals surface area contributed by atoms with Crippen molar-refractivity contribution in [1.29, 1.82) is 0 Å². The Balaban J connectivity index is 2.16. The van der Waals surface area contributed by atoms with E-state index in [4.69, 9.17) is 5.73 Å². The molecule has 4 N–H and O–H groups in total. The lowest BCUT2D eigenvalue weighted by molar-refractivity contribution is 0.588. The molecule has 0 aliphatic carbocycles. The highest BCUT2D eigenvalue weighted by Gasteiger charge is 2.15. The van der Waals surface area contributed by atoms with Gasteiger partial charge in [0.15, 0.2) is 5.82 Å². The van der Waals surface area contributed by atoms with E-state index >= 15 is 0 Å². The summed E-state index contributed by atoms with van der Waals surface area (Å²) in [5, 5.41) is 10.8. The molecule has 0 radical (unpaired) electrons. The molecule has 1 aromatic heterocycles. The predicted molar refractivity (Wildman–Crippen MR) is 75.4 cm³/mol. The van der Waals surface area contributed by atoms with Gasteiger partial charge in [-0.25, -0.2) is 13.1 Å². The maximum absolute atomic E-state index is 11.7. The Hall–Kier alpha value is -2.13. The first-order valence-corrected chi connectivity index (χ1v) is 7.32. The average Bonchev–Trinajstić information content (AvgIpc) is 2.81. The fraction of sp³-hybridized carbons (Fsp3) is 0.273. The molecule has 1 heterocycles. The van der Waals surface area contributed by atoms with Gasteiger partial charge < -0.3 is 15.6 Å². The van der Waals surface area contributed by atoms with Crippen molar-refractivity contribution in [2.75, 3.05) is 18.1 Å². The molecule has 0 aliphatic heterocycles. The number of rotatable bonds is 5. The Labute approximate surface area is 117 Å². The molecule has 2 rings (SSSR count). The van der Waals surface area contributed by atoms with Crippen LogP contribution in [0.1, 0.15) is 5.82 Å². The van der Waals surface area contributed by atoms with Crippen LogP contribution in [-0.2, 0) is 23.6 Å². The van der Waals surface area contributed by atoms with Crippen LogP contribution in [0.4, 0.5) is 11.4 Å². The number of aryl methyl sites for hydroxylation is 1. The van der Waals surface area contributed by atoms with E-state index in [1.165, 1.54) is 13.1 Å². The minimum Gasteiger partial charge on any atom is -0.398 e. The molecule has 20 heavy (non-hydrogen) atoms. The zero-order valence-electron chi connectivity index (χ0n) is 11.2. The highest BCUT2D eigenvalue weighted by atomic mass is 32.2. The maximum atomic E-state index is 11.7. The van der Waals surface area contributed by atoms with Gasteiger partial charge in [-0.1, -0.05) is 0 Å². The van der Waals surface area contributed by atoms with E-state index < -0.39 is 10.0 Å². The molecule has 0 unspecified atom stereocenters. The zero-order valence-corrected chi connectivity index (χ0v) is 12.0. The van der Waals surface area contributed by atoms with Gasteiger partial charge in [-0.05, 0) is 25.2 Å². The topological polar surface area (TPSA) is 115 Å². The van der Waals surface area contributed by atoms with Gasteiger partial charge >= 0.3 is 0 Å². The van der Waals surface area contributed by atoms with E-state index in [0.717, 1.165) is 5.82 Å². The molecule has 0 bridgehead atoms. The SMILES string of the molecule is CNS(=O)(=O)c1ccc(NCc2nncn2C)cc1N. The third-order valence-corrected chi connectivity index (χ3v) is 4.31. The summed E-state index contributed by atoms with van der Waals surface area (Å²) in [5.41, 5.74) is 6.66. The summed E-state index contributed by atoms with van der Waals surface area (Å²) >= 11 is 0. The third kappa shape index (κ3) is 2.89. The second kappa shape index (κ2) is 5.47. The summed E-state index contributed by atoms with van der Waals surface area (Å²) in [6.45, 7) is 0.466. The quantitative estimate of drug-likeness (QED) is 0.665. The number of benzene rings is 1. The van der Waals surface area contributed by atoms with E-state index in [0.29, 0.717) is 12.2 Å². The molecule has 0 saturated carbocycles. The fourth-order valence-electron chi connectivity index (χ4n) is 1.66. The number of nitrogens with one attached hydrogen (secondary N) is 2. The number of hydrogen-bond donors (Lipinski definition) is 3. The molecule has 0 saturated heterocycles. The zero-order chi connectivity index (χ0) is 14.8. The summed E-state index contributed by atoms with van der Waals surface area (Å²) in [5.74, 6) is 0.760. The number of anilines is 2. The molecule has 1 aromatic carbocycles. The lowest BCUT2D eigenvalue weighted by Gasteiger charge is -2.10. The highest BCUT2D eigenvalue weighted by Crippen LogP contribution is 2.22. The first kappa shape index (κ1) is 14.3. The van der Waals surface area contributed by atoms with Gasteiger partial charge in [-0.3, -0.25) is 0 Å². The summed E-state index contributed by atoms with van der Waals surface area (Å²) in [4.78, 5) is 0.0595. The minimum absolute atomic E-state index is 0.0595. The molecule has 8 nitrogen and oxygen atoms in total. The number of nitrogens with two attached hydrogens (primary N) is 1. The summed E-state index contributed by atoms with van der Waals surface area (Å²) in [6, 6.07) is 4.68. The van der Waals surface area contributed by atoms with E-state index in [9.17, 15) is 8.42 Å². The van der Waals surface area contributed by atoms with Gasteiger partial charge in [-0.15, -0.1) is 10.2 Å². The van der Waals surface area contributed by atoms with Crippen LogP contribution >= 0.6 is 0 Å². The van der Waals surface area contributed by atoms with Crippen molar-refractivity contribution in [1.82, 2.24) is 19.5 Å². The Bertz CT molecular complexity index is 709. The molecule has 0 atom stereocenters. The summed E-state index contributed by atoms with van der Waals surface area (Å²) < 4.78 is 27.4. The summed E-state index contributed by atoms with van der Waals surface area (Å²) in [6.07, 6.45) is 1.61. The van der Waals surface area contributed by atoms with Crippen molar-refractivity contribution in [3.05, 3.63) is 30.4 Å². The number of hydrogen-bond acceptors (Lipinski definition) is 6. The second-order valence-electron chi connectivity index (χ2n) is 4.17. The van der Waals surface area contributed by atoms with E-state index in [2.05, 4.69) is 20.2 Å². The number of aromatic nitrogens is 3.